The second kappa shape index (κ2) is 9.30. The van der Waals surface area contributed by atoms with Crippen molar-refractivity contribution in [3.05, 3.63) is 53.1 Å². The Morgan fingerprint density at radius 3 is 2.03 bits per heavy atom. The van der Waals surface area contributed by atoms with Crippen molar-refractivity contribution < 1.29 is 33.3 Å². The van der Waals surface area contributed by atoms with Gasteiger partial charge >= 0.3 is 5.97 Å². The van der Waals surface area contributed by atoms with Crippen LogP contribution in [0.3, 0.4) is 0 Å². The molecule has 8 heteroatoms. The maximum atomic E-state index is 12.4. The Bertz CT molecular complexity index is 935. The number of fused-ring (bicyclic) bond motifs is 1. The Balaban J connectivity index is 1.53. The van der Waals surface area contributed by atoms with E-state index in [1.807, 2.05) is 0 Å². The largest absolute Gasteiger partial charge is 0.493 e. The normalized spacial score (nSPS) is 12.6. The molecule has 0 N–H and O–H groups in total. The molecule has 0 spiro atoms. The molecule has 0 saturated carbocycles. The first-order valence-corrected chi connectivity index (χ1v) is 9.44. The number of rotatable bonds is 9. The lowest BCUT2D eigenvalue weighted by Gasteiger charge is -2.15. The topological polar surface area (TPSA) is 91.4 Å². The number of benzene rings is 2. The number of unbranched alkanes of at least 4 members (excludes halogenated alkanes) is 1. The van der Waals surface area contributed by atoms with Crippen LogP contribution in [0, 0.1) is 0 Å². The SMILES string of the molecule is COc1ccc(C(=O)OCCCCN2C(=O)c3ccccc3C2=O)c(OC)c1OC. The maximum Gasteiger partial charge on any atom is 0.342 e. The fourth-order valence-electron chi connectivity index (χ4n) is 3.32. The van der Waals surface area contributed by atoms with E-state index in [0.29, 0.717) is 35.5 Å². The summed E-state index contributed by atoms with van der Waals surface area (Å²) in [7, 11) is 4.37. The number of esters is 1. The highest BCUT2D eigenvalue weighted by Gasteiger charge is 2.34. The molecule has 0 aliphatic carbocycles. The first-order valence-electron chi connectivity index (χ1n) is 9.44. The van der Waals surface area contributed by atoms with Gasteiger partial charge in [-0.2, -0.15) is 0 Å². The number of hydrogen-bond acceptors (Lipinski definition) is 7. The summed E-state index contributed by atoms with van der Waals surface area (Å²) in [6, 6.07) is 9.90. The Kier molecular flexibility index (Phi) is 6.56. The van der Waals surface area contributed by atoms with Gasteiger partial charge in [-0.05, 0) is 37.1 Å². The molecule has 0 radical (unpaired) electrons. The van der Waals surface area contributed by atoms with Crippen molar-refractivity contribution in [2.45, 2.75) is 12.8 Å². The summed E-state index contributed by atoms with van der Waals surface area (Å²) in [6.45, 7) is 0.406. The molecule has 1 heterocycles. The van der Waals surface area contributed by atoms with E-state index >= 15 is 0 Å². The first-order chi connectivity index (χ1) is 14.5. The van der Waals surface area contributed by atoms with Crippen molar-refractivity contribution >= 4 is 17.8 Å². The van der Waals surface area contributed by atoms with Crippen molar-refractivity contribution in [2.75, 3.05) is 34.5 Å². The molecule has 8 nitrogen and oxygen atoms in total. The molecular weight excluding hydrogens is 390 g/mol. The van der Waals surface area contributed by atoms with E-state index in [0.717, 1.165) is 0 Å². The van der Waals surface area contributed by atoms with Crippen molar-refractivity contribution in [3.8, 4) is 17.2 Å². The van der Waals surface area contributed by atoms with Crippen LogP contribution in [0.15, 0.2) is 36.4 Å². The Morgan fingerprint density at radius 1 is 0.833 bits per heavy atom. The summed E-state index contributed by atoms with van der Waals surface area (Å²) < 4.78 is 21.1. The van der Waals surface area contributed by atoms with Gasteiger partial charge in [0, 0.05) is 6.54 Å². The van der Waals surface area contributed by atoms with Crippen LogP contribution >= 0.6 is 0 Å². The molecule has 0 unspecified atom stereocenters. The number of amides is 2. The van der Waals surface area contributed by atoms with Crippen molar-refractivity contribution in [1.82, 2.24) is 4.90 Å². The number of carbonyl (C=O) groups is 3. The molecule has 0 fully saturated rings. The lowest BCUT2D eigenvalue weighted by atomic mass is 10.1. The molecule has 2 aromatic rings. The van der Waals surface area contributed by atoms with Crippen LogP contribution in [0.25, 0.3) is 0 Å². The van der Waals surface area contributed by atoms with Gasteiger partial charge in [-0.3, -0.25) is 14.5 Å². The number of nitrogens with zero attached hydrogens (tertiary/aromatic N) is 1. The minimum atomic E-state index is -0.562. The van der Waals surface area contributed by atoms with E-state index in [-0.39, 0.29) is 36.3 Å². The molecule has 3 rings (SSSR count). The van der Waals surface area contributed by atoms with Crippen LogP contribution < -0.4 is 14.2 Å². The van der Waals surface area contributed by atoms with Gasteiger partial charge < -0.3 is 18.9 Å². The standard InChI is InChI=1S/C22H23NO7/c1-27-17-11-10-16(18(28-2)19(17)29-3)22(26)30-13-7-6-12-23-20(24)14-8-4-5-9-15(14)21(23)25/h4-5,8-11H,6-7,12-13H2,1-3H3. The van der Waals surface area contributed by atoms with E-state index in [9.17, 15) is 14.4 Å². The van der Waals surface area contributed by atoms with Crippen LogP contribution in [0.1, 0.15) is 43.9 Å². The predicted molar refractivity (Wildman–Crippen MR) is 107 cm³/mol. The van der Waals surface area contributed by atoms with Gasteiger partial charge in [0.2, 0.25) is 5.75 Å². The van der Waals surface area contributed by atoms with Crippen LogP contribution in [-0.2, 0) is 4.74 Å². The monoisotopic (exact) mass is 413 g/mol. The molecule has 30 heavy (non-hydrogen) atoms. The van der Waals surface area contributed by atoms with Gasteiger partial charge in [-0.25, -0.2) is 4.79 Å². The summed E-state index contributed by atoms with van der Waals surface area (Å²) >= 11 is 0. The van der Waals surface area contributed by atoms with E-state index in [2.05, 4.69) is 0 Å². The van der Waals surface area contributed by atoms with Crippen LogP contribution in [0.2, 0.25) is 0 Å². The van der Waals surface area contributed by atoms with Gasteiger partial charge in [0.15, 0.2) is 11.5 Å². The van der Waals surface area contributed by atoms with Crippen molar-refractivity contribution in [1.29, 1.82) is 0 Å². The Morgan fingerprint density at radius 2 is 1.47 bits per heavy atom. The summed E-state index contributed by atoms with van der Waals surface area (Å²) in [5.41, 5.74) is 1.07. The van der Waals surface area contributed by atoms with Gasteiger partial charge in [0.25, 0.3) is 11.8 Å². The third kappa shape index (κ3) is 3.94. The van der Waals surface area contributed by atoms with E-state index in [1.54, 1.807) is 36.4 Å². The number of imide groups is 1. The van der Waals surface area contributed by atoms with Crippen molar-refractivity contribution in [2.24, 2.45) is 0 Å². The minimum Gasteiger partial charge on any atom is -0.493 e. The van der Waals surface area contributed by atoms with Gasteiger partial charge in [0.05, 0.1) is 39.1 Å². The van der Waals surface area contributed by atoms with E-state index in [1.165, 1.54) is 26.2 Å². The van der Waals surface area contributed by atoms with Crippen LogP contribution in [-0.4, -0.2) is 57.2 Å². The average Bonchev–Trinajstić information content (AvgIpc) is 3.02. The fourth-order valence-corrected chi connectivity index (χ4v) is 3.32. The highest BCUT2D eigenvalue weighted by atomic mass is 16.5. The summed E-state index contributed by atoms with van der Waals surface area (Å²) in [6.07, 6.45) is 1.01. The van der Waals surface area contributed by atoms with Gasteiger partial charge in [-0.1, -0.05) is 12.1 Å². The smallest absolute Gasteiger partial charge is 0.342 e. The quantitative estimate of drug-likeness (QED) is 0.355. The van der Waals surface area contributed by atoms with E-state index < -0.39 is 5.97 Å². The second-order valence-electron chi connectivity index (χ2n) is 6.53. The lowest BCUT2D eigenvalue weighted by Crippen LogP contribution is -2.30. The Hall–Kier alpha value is -3.55. The number of carbonyl (C=O) groups excluding carboxylic acids is 3. The highest BCUT2D eigenvalue weighted by molar-refractivity contribution is 6.21. The predicted octanol–water partition coefficient (Wildman–Crippen LogP) is 2.95. The molecule has 2 aromatic carbocycles. The summed E-state index contributed by atoms with van der Waals surface area (Å²) in [5, 5.41) is 0. The first kappa shape index (κ1) is 21.2. The zero-order valence-corrected chi connectivity index (χ0v) is 17.1. The zero-order valence-electron chi connectivity index (χ0n) is 17.1. The van der Waals surface area contributed by atoms with Crippen molar-refractivity contribution in [3.63, 3.8) is 0 Å². The van der Waals surface area contributed by atoms with Gasteiger partial charge in [0.1, 0.15) is 5.56 Å². The number of ether oxygens (including phenoxy) is 4. The molecular formula is C22H23NO7. The molecule has 0 atom stereocenters. The maximum absolute atomic E-state index is 12.4. The average molecular weight is 413 g/mol. The van der Waals surface area contributed by atoms with Crippen LogP contribution in [0.5, 0.6) is 17.2 Å². The minimum absolute atomic E-state index is 0.138. The second-order valence-corrected chi connectivity index (χ2v) is 6.53. The Labute approximate surface area is 174 Å². The summed E-state index contributed by atoms with van der Waals surface area (Å²) in [4.78, 5) is 38.3. The number of hydrogen-bond donors (Lipinski definition) is 0. The molecule has 1 aliphatic heterocycles. The molecule has 158 valence electrons. The molecule has 0 saturated heterocycles. The highest BCUT2D eigenvalue weighted by Crippen LogP contribution is 2.40. The molecule has 2 amide bonds. The lowest BCUT2D eigenvalue weighted by molar-refractivity contribution is 0.0481. The van der Waals surface area contributed by atoms with Gasteiger partial charge in [-0.15, -0.1) is 0 Å². The number of methoxy groups -OCH3 is 3. The molecule has 0 aromatic heterocycles. The zero-order chi connectivity index (χ0) is 21.7. The molecule has 0 bridgehead atoms. The third-order valence-corrected chi connectivity index (χ3v) is 4.81. The third-order valence-electron chi connectivity index (χ3n) is 4.81. The fraction of sp³-hybridized carbons (Fsp3) is 0.318. The van der Waals surface area contributed by atoms with Crippen LogP contribution in [0.4, 0.5) is 0 Å². The van der Waals surface area contributed by atoms with E-state index in [4.69, 9.17) is 18.9 Å². The molecule has 1 aliphatic rings. The summed E-state index contributed by atoms with van der Waals surface area (Å²) in [5.74, 6) is -0.168.